The zero-order chi connectivity index (χ0) is 8.58. The molecule has 0 aromatic rings. The first-order chi connectivity index (χ1) is 4.19. The molecule has 0 aliphatic carbocycles. The molecule has 62 valence electrons. The molecule has 7 heteroatoms. The van der Waals surface area contributed by atoms with Gasteiger partial charge in [0.1, 0.15) is 0 Å². The Bertz CT molecular complexity index is 115. The average Bonchev–Trinajstić information content (AvgIpc) is 1.62. The highest BCUT2D eigenvalue weighted by molar-refractivity contribution is 6.15. The van der Waals surface area contributed by atoms with Crippen molar-refractivity contribution in [1.29, 1.82) is 0 Å². The van der Waals surface area contributed by atoms with Crippen LogP contribution in [-0.2, 0) is 0 Å². The van der Waals surface area contributed by atoms with Gasteiger partial charge in [-0.3, -0.25) is 0 Å². The fraction of sp³-hybridized carbons (Fsp3) is 1.00. The molecule has 1 unspecified atom stereocenters. The van der Waals surface area contributed by atoms with Gasteiger partial charge in [0, 0.05) is 0 Å². The maximum atomic E-state index is 11.9. The van der Waals surface area contributed by atoms with Crippen LogP contribution in [0.4, 0.5) is 26.3 Å². The van der Waals surface area contributed by atoms with Gasteiger partial charge in [0.25, 0.3) is 6.43 Å². The summed E-state index contributed by atoms with van der Waals surface area (Å²) in [6.45, 7) is 0. The van der Waals surface area contributed by atoms with Crippen molar-refractivity contribution >= 4 is 10.2 Å². The van der Waals surface area contributed by atoms with Gasteiger partial charge in [0.15, 0.2) is 0 Å². The normalized spacial score (nSPS) is 19.5. The molecule has 0 saturated heterocycles. The highest BCUT2D eigenvalue weighted by Gasteiger charge is 2.58. The SMILES string of the molecule is FC(F)C(F)([SiH3])C(F)(F)F. The van der Waals surface area contributed by atoms with E-state index in [4.69, 9.17) is 0 Å². The second-order valence-corrected chi connectivity index (χ2v) is 3.33. The van der Waals surface area contributed by atoms with Crippen LogP contribution in [0.25, 0.3) is 0 Å². The molecule has 0 aromatic carbocycles. The van der Waals surface area contributed by atoms with Gasteiger partial charge in [-0.15, -0.1) is 0 Å². The van der Waals surface area contributed by atoms with Crippen LogP contribution in [0.3, 0.4) is 0 Å². The third-order valence-electron chi connectivity index (χ3n) is 0.964. The van der Waals surface area contributed by atoms with Gasteiger partial charge in [0.05, 0.1) is 10.2 Å². The lowest BCUT2D eigenvalue weighted by atomic mass is 10.4. The topological polar surface area (TPSA) is 0 Å². The third kappa shape index (κ3) is 1.65. The van der Waals surface area contributed by atoms with Gasteiger partial charge < -0.3 is 0 Å². The van der Waals surface area contributed by atoms with Crippen LogP contribution in [0.2, 0.25) is 0 Å². The Hall–Kier alpha value is -0.203. The number of alkyl halides is 6. The van der Waals surface area contributed by atoms with Crippen molar-refractivity contribution in [1.82, 2.24) is 0 Å². The van der Waals surface area contributed by atoms with Crippen LogP contribution < -0.4 is 0 Å². The van der Waals surface area contributed by atoms with Crippen LogP contribution in [0.5, 0.6) is 0 Å². The molecule has 0 saturated carbocycles. The fourth-order valence-electron chi connectivity index (χ4n) is 0.124. The molecule has 1 atom stereocenters. The molecule has 0 N–H and O–H groups in total. The van der Waals surface area contributed by atoms with Crippen molar-refractivity contribution in [2.24, 2.45) is 0 Å². The summed E-state index contributed by atoms with van der Waals surface area (Å²) in [4.78, 5) is 0. The van der Waals surface area contributed by atoms with Crippen molar-refractivity contribution in [2.75, 3.05) is 0 Å². The summed E-state index contributed by atoms with van der Waals surface area (Å²) in [5.74, 6) is 0. The molecule has 0 amide bonds. The van der Waals surface area contributed by atoms with E-state index in [0.29, 0.717) is 0 Å². The van der Waals surface area contributed by atoms with Crippen molar-refractivity contribution in [3.63, 3.8) is 0 Å². The van der Waals surface area contributed by atoms with E-state index in [1.807, 2.05) is 0 Å². The predicted molar refractivity (Wildman–Crippen MR) is 25.8 cm³/mol. The van der Waals surface area contributed by atoms with Crippen molar-refractivity contribution in [3.05, 3.63) is 0 Å². The molecule has 0 nitrogen and oxygen atoms in total. The summed E-state index contributed by atoms with van der Waals surface area (Å²) in [7, 11) is -1.25. The van der Waals surface area contributed by atoms with Crippen LogP contribution in [0.15, 0.2) is 0 Å². The number of hydrogen-bond acceptors (Lipinski definition) is 0. The minimum Gasteiger partial charge on any atom is -0.233 e. The van der Waals surface area contributed by atoms with Gasteiger partial charge >= 0.3 is 6.18 Å². The largest absolute Gasteiger partial charge is 0.423 e. The van der Waals surface area contributed by atoms with Crippen LogP contribution >= 0.6 is 0 Å². The Balaban J connectivity index is 4.40. The quantitative estimate of drug-likeness (QED) is 0.416. The Morgan fingerprint density at radius 1 is 1.00 bits per heavy atom. The van der Waals surface area contributed by atoms with Gasteiger partial charge in [0.2, 0.25) is 5.29 Å². The first-order valence-corrected chi connectivity index (χ1v) is 3.23. The molecule has 0 radical (unpaired) electrons. The summed E-state index contributed by atoms with van der Waals surface area (Å²) in [6.07, 6.45) is -9.41. The van der Waals surface area contributed by atoms with Crippen LogP contribution in [0, 0.1) is 0 Å². The minimum absolute atomic E-state index is 1.25. The second kappa shape index (κ2) is 2.44. The van der Waals surface area contributed by atoms with Crippen molar-refractivity contribution in [3.8, 4) is 0 Å². The van der Waals surface area contributed by atoms with Gasteiger partial charge in [-0.1, -0.05) is 0 Å². The summed E-state index contributed by atoms with van der Waals surface area (Å²) in [5, 5.41) is -4.26. The number of hydrogen-bond donors (Lipinski definition) is 0. The maximum absolute atomic E-state index is 11.9. The molecule has 0 fully saturated rings. The molecule has 0 spiro atoms. The van der Waals surface area contributed by atoms with E-state index in [2.05, 4.69) is 0 Å². The standard InChI is InChI=1S/C3H4F6Si/c4-1(5)2(6,10)3(7,8)9/h1H,10H3. The lowest BCUT2D eigenvalue weighted by molar-refractivity contribution is -0.232. The average molecular weight is 182 g/mol. The summed E-state index contributed by atoms with van der Waals surface area (Å²) >= 11 is 0. The van der Waals surface area contributed by atoms with E-state index in [1.165, 1.54) is 0 Å². The molecular formula is C3H4F6Si. The Labute approximate surface area is 55.6 Å². The molecule has 0 rings (SSSR count). The summed E-state index contributed by atoms with van der Waals surface area (Å²) in [6, 6.07) is 0. The lowest BCUT2D eigenvalue weighted by Crippen LogP contribution is -2.47. The Kier molecular flexibility index (Phi) is 2.39. The Morgan fingerprint density at radius 2 is 1.30 bits per heavy atom. The monoisotopic (exact) mass is 182 g/mol. The van der Waals surface area contributed by atoms with E-state index in [9.17, 15) is 26.3 Å². The van der Waals surface area contributed by atoms with Crippen molar-refractivity contribution < 1.29 is 26.3 Å². The summed E-state index contributed by atoms with van der Waals surface area (Å²) < 4.78 is 68.2. The predicted octanol–water partition coefficient (Wildman–Crippen LogP) is 0.845. The maximum Gasteiger partial charge on any atom is 0.423 e. The summed E-state index contributed by atoms with van der Waals surface area (Å²) in [5.41, 5.74) is 0. The zero-order valence-corrected chi connectivity index (χ0v) is 6.85. The molecule has 0 aliphatic heterocycles. The van der Waals surface area contributed by atoms with E-state index in [0.717, 1.165) is 0 Å². The highest BCUT2D eigenvalue weighted by atomic mass is 28.1. The van der Waals surface area contributed by atoms with Gasteiger partial charge in [-0.05, 0) is 0 Å². The molecule has 0 heterocycles. The first-order valence-electron chi connectivity index (χ1n) is 2.23. The molecule has 0 aliphatic rings. The molecular weight excluding hydrogens is 178 g/mol. The second-order valence-electron chi connectivity index (χ2n) is 1.87. The fourth-order valence-corrected chi connectivity index (χ4v) is 0.124. The van der Waals surface area contributed by atoms with E-state index >= 15 is 0 Å². The molecule has 0 bridgehead atoms. The number of halogens is 6. The van der Waals surface area contributed by atoms with E-state index < -0.39 is 28.1 Å². The molecule has 0 aromatic heterocycles. The number of rotatable bonds is 1. The van der Waals surface area contributed by atoms with Gasteiger partial charge in [-0.2, -0.15) is 13.2 Å². The lowest BCUT2D eigenvalue weighted by Gasteiger charge is -2.22. The highest BCUT2D eigenvalue weighted by Crippen LogP contribution is 2.35. The minimum atomic E-state index is -5.44. The Morgan fingerprint density at radius 3 is 1.30 bits per heavy atom. The smallest absolute Gasteiger partial charge is 0.233 e. The van der Waals surface area contributed by atoms with Gasteiger partial charge in [-0.25, -0.2) is 13.2 Å². The van der Waals surface area contributed by atoms with E-state index in [-0.39, 0.29) is 0 Å². The van der Waals surface area contributed by atoms with E-state index in [1.54, 1.807) is 0 Å². The van der Waals surface area contributed by atoms with Crippen molar-refractivity contribution in [2.45, 2.75) is 17.9 Å². The molecule has 10 heavy (non-hydrogen) atoms. The van der Waals surface area contributed by atoms with Crippen LogP contribution in [-0.4, -0.2) is 28.1 Å². The van der Waals surface area contributed by atoms with Crippen LogP contribution in [0.1, 0.15) is 0 Å². The third-order valence-corrected chi connectivity index (χ3v) is 1.97. The first kappa shape index (κ1) is 9.80. The zero-order valence-electron chi connectivity index (χ0n) is 4.85.